The van der Waals surface area contributed by atoms with Crippen LogP contribution in [-0.2, 0) is 14.3 Å². The Hall–Kier alpha value is -3.05. The van der Waals surface area contributed by atoms with Gasteiger partial charge in [-0.2, -0.15) is 0 Å². The van der Waals surface area contributed by atoms with Gasteiger partial charge in [0.05, 0.1) is 14.2 Å². The van der Waals surface area contributed by atoms with Gasteiger partial charge in [0.1, 0.15) is 18.5 Å². The van der Waals surface area contributed by atoms with Crippen molar-refractivity contribution in [2.75, 3.05) is 20.8 Å². The molecule has 0 aliphatic carbocycles. The highest BCUT2D eigenvalue weighted by Crippen LogP contribution is 2.18. The van der Waals surface area contributed by atoms with Gasteiger partial charge in [-0.15, -0.1) is 0 Å². The van der Waals surface area contributed by atoms with Crippen molar-refractivity contribution in [3.8, 4) is 17.8 Å². The molecule has 0 aliphatic rings. The summed E-state index contributed by atoms with van der Waals surface area (Å²) in [6.45, 7) is 0.0945. The number of hydrazine groups is 1. The van der Waals surface area contributed by atoms with Crippen molar-refractivity contribution >= 4 is 5.91 Å². The van der Waals surface area contributed by atoms with Crippen LogP contribution in [-0.4, -0.2) is 31.8 Å². The monoisotopic (exact) mass is 370 g/mol. The average molecular weight is 370 g/mol. The molecule has 0 aliphatic heterocycles. The van der Waals surface area contributed by atoms with Gasteiger partial charge in [0.25, 0.3) is 5.91 Å². The number of amides is 1. The van der Waals surface area contributed by atoms with Crippen LogP contribution in [0.1, 0.15) is 23.5 Å². The summed E-state index contributed by atoms with van der Waals surface area (Å²) in [5.41, 5.74) is 6.48. The number of benzene rings is 2. The highest BCUT2D eigenvalue weighted by molar-refractivity contribution is 5.81. The molecular weight excluding hydrogens is 348 g/mol. The van der Waals surface area contributed by atoms with E-state index in [4.69, 9.17) is 9.47 Å². The zero-order valence-electron chi connectivity index (χ0n) is 15.1. The summed E-state index contributed by atoms with van der Waals surface area (Å²) in [5.74, 6) is 2.69. The first-order chi connectivity index (χ1) is 13.2. The molecule has 2 aromatic rings. The number of nitrogens with one attached hydrogen (secondary N) is 2. The smallest absolute Gasteiger partial charge is 0.267 e. The van der Waals surface area contributed by atoms with Gasteiger partial charge in [-0.1, -0.05) is 42.5 Å². The third kappa shape index (κ3) is 6.31. The number of hydrogen-bond donors (Lipinski definition) is 3. The van der Waals surface area contributed by atoms with Crippen LogP contribution in [0.15, 0.2) is 54.6 Å². The Labute approximate surface area is 158 Å². The molecule has 7 nitrogen and oxygen atoms in total. The van der Waals surface area contributed by atoms with E-state index in [-0.39, 0.29) is 6.61 Å². The van der Waals surface area contributed by atoms with Crippen LogP contribution in [0.3, 0.4) is 0 Å². The molecule has 2 aromatic carbocycles. The first kappa shape index (κ1) is 20.3. The number of carbonyl (C=O) groups excluding carboxylic acids is 1. The number of ether oxygens (including phenoxy) is 3. The SMILES string of the molecule is COC#CCOC(NNC(=O)C(O)c1ccc(OC)cc1)c1ccccc1. The zero-order chi connectivity index (χ0) is 19.5. The quantitative estimate of drug-likeness (QED) is 0.372. The van der Waals surface area contributed by atoms with Gasteiger partial charge in [-0.25, -0.2) is 5.43 Å². The molecule has 0 bridgehead atoms. The molecule has 1 amide bonds. The number of rotatable bonds is 8. The predicted octanol–water partition coefficient (Wildman–Crippen LogP) is 1.67. The van der Waals surface area contributed by atoms with Gasteiger partial charge in [-0.05, 0) is 29.2 Å². The molecule has 2 unspecified atom stereocenters. The normalized spacial score (nSPS) is 12.3. The highest BCUT2D eigenvalue weighted by Gasteiger charge is 2.19. The molecule has 0 radical (unpaired) electrons. The van der Waals surface area contributed by atoms with Crippen molar-refractivity contribution in [2.24, 2.45) is 0 Å². The minimum absolute atomic E-state index is 0.0945. The van der Waals surface area contributed by atoms with E-state index in [1.807, 2.05) is 30.3 Å². The van der Waals surface area contributed by atoms with E-state index in [1.165, 1.54) is 7.11 Å². The average Bonchev–Trinajstić information content (AvgIpc) is 2.73. The topological polar surface area (TPSA) is 89.1 Å². The van der Waals surface area contributed by atoms with E-state index in [0.717, 1.165) is 5.56 Å². The minimum Gasteiger partial charge on any atom is -0.497 e. The maximum absolute atomic E-state index is 12.3. The number of aliphatic hydroxyl groups excluding tert-OH is 1. The van der Waals surface area contributed by atoms with Crippen LogP contribution in [0.5, 0.6) is 5.75 Å². The Morgan fingerprint density at radius 1 is 1.07 bits per heavy atom. The molecule has 142 valence electrons. The van der Waals surface area contributed by atoms with Crippen LogP contribution in [0.2, 0.25) is 0 Å². The van der Waals surface area contributed by atoms with Crippen molar-refractivity contribution in [3.63, 3.8) is 0 Å². The summed E-state index contributed by atoms with van der Waals surface area (Å²) >= 11 is 0. The molecule has 0 spiro atoms. The summed E-state index contributed by atoms with van der Waals surface area (Å²) < 4.78 is 15.3. The fourth-order valence-corrected chi connectivity index (χ4v) is 2.22. The Kier molecular flexibility index (Phi) is 8.13. The Balaban J connectivity index is 1.98. The lowest BCUT2D eigenvalue weighted by Gasteiger charge is -2.20. The fraction of sp³-hybridized carbons (Fsp3) is 0.250. The lowest BCUT2D eigenvalue weighted by atomic mass is 10.1. The molecule has 0 heterocycles. The Morgan fingerprint density at radius 3 is 2.41 bits per heavy atom. The van der Waals surface area contributed by atoms with Crippen LogP contribution in [0.25, 0.3) is 0 Å². The van der Waals surface area contributed by atoms with Gasteiger partial charge in [0, 0.05) is 0 Å². The molecule has 27 heavy (non-hydrogen) atoms. The maximum atomic E-state index is 12.3. The van der Waals surface area contributed by atoms with Crippen molar-refractivity contribution in [3.05, 3.63) is 65.7 Å². The van der Waals surface area contributed by atoms with Gasteiger partial charge in [0.2, 0.25) is 0 Å². The van der Waals surface area contributed by atoms with E-state index in [1.54, 1.807) is 31.4 Å². The second-order valence-electron chi connectivity index (χ2n) is 5.39. The van der Waals surface area contributed by atoms with E-state index in [9.17, 15) is 9.90 Å². The second-order valence-corrected chi connectivity index (χ2v) is 5.39. The standard InChI is InChI=1S/C20H22N2O5/c1-25-13-6-14-27-20(16-7-4-3-5-8-16)22-21-19(24)18(23)15-9-11-17(26-2)12-10-15/h3-5,7-12,18,20,22-23H,14H2,1-2H3,(H,21,24). The largest absolute Gasteiger partial charge is 0.497 e. The molecule has 7 heteroatoms. The molecular formula is C20H22N2O5. The lowest BCUT2D eigenvalue weighted by Crippen LogP contribution is -2.43. The second kappa shape index (κ2) is 10.8. The van der Waals surface area contributed by atoms with E-state index < -0.39 is 18.2 Å². The van der Waals surface area contributed by atoms with Crippen molar-refractivity contribution < 1.29 is 24.1 Å². The van der Waals surface area contributed by atoms with E-state index in [2.05, 4.69) is 27.6 Å². The summed E-state index contributed by atoms with van der Waals surface area (Å²) in [6.07, 6.45) is 0.440. The molecule has 2 atom stereocenters. The first-order valence-electron chi connectivity index (χ1n) is 8.20. The number of hydrogen-bond acceptors (Lipinski definition) is 6. The third-order valence-corrected chi connectivity index (χ3v) is 3.61. The predicted molar refractivity (Wildman–Crippen MR) is 99.2 cm³/mol. The Morgan fingerprint density at radius 2 is 1.78 bits per heavy atom. The summed E-state index contributed by atoms with van der Waals surface area (Å²) in [4.78, 5) is 12.3. The summed E-state index contributed by atoms with van der Waals surface area (Å²) in [7, 11) is 3.00. The van der Waals surface area contributed by atoms with Gasteiger partial charge < -0.3 is 19.3 Å². The first-order valence-corrected chi connectivity index (χ1v) is 8.20. The minimum atomic E-state index is -1.34. The summed E-state index contributed by atoms with van der Waals surface area (Å²) in [5, 5.41) is 10.2. The van der Waals surface area contributed by atoms with Crippen molar-refractivity contribution in [2.45, 2.75) is 12.3 Å². The number of carbonyl (C=O) groups is 1. The van der Waals surface area contributed by atoms with Crippen molar-refractivity contribution in [1.82, 2.24) is 10.9 Å². The highest BCUT2D eigenvalue weighted by atomic mass is 16.5. The lowest BCUT2D eigenvalue weighted by molar-refractivity contribution is -0.132. The van der Waals surface area contributed by atoms with Gasteiger partial charge in [0.15, 0.2) is 12.3 Å². The number of methoxy groups -OCH3 is 2. The molecule has 0 saturated carbocycles. The molecule has 3 N–H and O–H groups in total. The summed E-state index contributed by atoms with van der Waals surface area (Å²) in [6, 6.07) is 15.8. The zero-order valence-corrected chi connectivity index (χ0v) is 15.1. The molecule has 0 aromatic heterocycles. The van der Waals surface area contributed by atoms with Gasteiger partial charge in [-0.3, -0.25) is 10.2 Å². The number of aliphatic hydroxyl groups is 1. The van der Waals surface area contributed by atoms with Gasteiger partial charge >= 0.3 is 0 Å². The van der Waals surface area contributed by atoms with E-state index in [0.29, 0.717) is 11.3 Å². The fourth-order valence-electron chi connectivity index (χ4n) is 2.22. The maximum Gasteiger partial charge on any atom is 0.267 e. The molecule has 0 saturated heterocycles. The molecule has 2 rings (SSSR count). The van der Waals surface area contributed by atoms with Crippen LogP contribution < -0.4 is 15.6 Å². The van der Waals surface area contributed by atoms with Crippen molar-refractivity contribution in [1.29, 1.82) is 0 Å². The van der Waals surface area contributed by atoms with Crippen LogP contribution in [0, 0.1) is 12.0 Å². The third-order valence-electron chi connectivity index (χ3n) is 3.61. The van der Waals surface area contributed by atoms with Crippen LogP contribution in [0.4, 0.5) is 0 Å². The molecule has 0 fully saturated rings. The van der Waals surface area contributed by atoms with E-state index >= 15 is 0 Å². The Bertz CT molecular complexity index is 768. The van der Waals surface area contributed by atoms with Crippen LogP contribution >= 0.6 is 0 Å².